The first-order valence-corrected chi connectivity index (χ1v) is 7.77. The molecule has 1 aliphatic rings. The highest BCUT2D eigenvalue weighted by Crippen LogP contribution is 2.37. The topological polar surface area (TPSA) is 62.2 Å². The highest BCUT2D eigenvalue weighted by atomic mass is 35.5. The quantitative estimate of drug-likeness (QED) is 0.903. The van der Waals surface area contributed by atoms with Gasteiger partial charge in [0.25, 0.3) is 5.91 Å². The van der Waals surface area contributed by atoms with Gasteiger partial charge in [-0.2, -0.15) is 0 Å². The molecule has 4 nitrogen and oxygen atoms in total. The molecule has 1 amide bonds. The summed E-state index contributed by atoms with van der Waals surface area (Å²) >= 11 is 5.95. The molecule has 1 atom stereocenters. The van der Waals surface area contributed by atoms with Gasteiger partial charge in [-0.1, -0.05) is 17.7 Å². The third kappa shape index (κ3) is 3.51. The summed E-state index contributed by atoms with van der Waals surface area (Å²) in [5, 5.41) is 12.5. The van der Waals surface area contributed by atoms with E-state index in [-0.39, 0.29) is 34.6 Å². The summed E-state index contributed by atoms with van der Waals surface area (Å²) in [7, 11) is 0. The molecule has 0 aliphatic heterocycles. The number of rotatable bonds is 4. The fraction of sp³-hybridized carbons (Fsp3) is 0.294. The highest BCUT2D eigenvalue weighted by molar-refractivity contribution is 6.33. The highest BCUT2D eigenvalue weighted by Gasteiger charge is 2.36. The molecule has 2 N–H and O–H groups in total. The minimum atomic E-state index is -0.491. The van der Waals surface area contributed by atoms with Crippen molar-refractivity contribution in [2.75, 3.05) is 0 Å². The zero-order valence-corrected chi connectivity index (χ0v) is 13.0. The molecule has 1 heterocycles. The molecular weight excluding hydrogens is 319 g/mol. The lowest BCUT2D eigenvalue weighted by Gasteiger charge is -2.37. The Kier molecular flexibility index (Phi) is 4.59. The number of carbonyl (C=O) groups excluding carboxylic acids is 1. The van der Waals surface area contributed by atoms with Crippen molar-refractivity contribution in [1.82, 2.24) is 10.3 Å². The van der Waals surface area contributed by atoms with Crippen LogP contribution in [0, 0.1) is 11.7 Å². The van der Waals surface area contributed by atoms with Crippen molar-refractivity contribution in [3.05, 3.63) is 64.7 Å². The number of carbonyl (C=O) groups is 1. The third-order valence-electron chi connectivity index (χ3n) is 4.09. The number of halogens is 2. The molecule has 6 heteroatoms. The van der Waals surface area contributed by atoms with Gasteiger partial charge >= 0.3 is 0 Å². The third-order valence-corrected chi connectivity index (χ3v) is 4.40. The zero-order chi connectivity index (χ0) is 16.4. The Morgan fingerprint density at radius 1 is 1.35 bits per heavy atom. The van der Waals surface area contributed by atoms with Crippen LogP contribution in [-0.4, -0.2) is 22.1 Å². The molecule has 0 unspecified atom stereocenters. The predicted octanol–water partition coefficient (Wildman–Crippen LogP) is 3.12. The van der Waals surface area contributed by atoms with Crippen LogP contribution in [0.25, 0.3) is 0 Å². The van der Waals surface area contributed by atoms with Crippen molar-refractivity contribution in [3.8, 4) is 0 Å². The van der Waals surface area contributed by atoms with Crippen molar-refractivity contribution >= 4 is 17.5 Å². The Morgan fingerprint density at radius 2 is 2.13 bits per heavy atom. The first kappa shape index (κ1) is 15.9. The van der Waals surface area contributed by atoms with E-state index < -0.39 is 5.82 Å². The van der Waals surface area contributed by atoms with Crippen molar-refractivity contribution in [1.29, 1.82) is 0 Å². The van der Waals surface area contributed by atoms with Gasteiger partial charge in [0.05, 0.1) is 28.4 Å². The fourth-order valence-electron chi connectivity index (χ4n) is 2.79. The molecule has 0 spiro atoms. The first-order chi connectivity index (χ1) is 11.0. The number of nitrogens with one attached hydrogen (secondary N) is 1. The van der Waals surface area contributed by atoms with Gasteiger partial charge in [0.2, 0.25) is 0 Å². The molecule has 1 aliphatic carbocycles. The van der Waals surface area contributed by atoms with Gasteiger partial charge in [-0.3, -0.25) is 9.78 Å². The van der Waals surface area contributed by atoms with E-state index in [4.69, 9.17) is 11.6 Å². The van der Waals surface area contributed by atoms with Gasteiger partial charge in [0, 0.05) is 6.20 Å². The molecule has 1 aromatic heterocycles. The van der Waals surface area contributed by atoms with Gasteiger partial charge in [-0.25, -0.2) is 4.39 Å². The molecule has 0 saturated heterocycles. The number of aliphatic hydroxyl groups excluding tert-OH is 1. The minimum absolute atomic E-state index is 0.0657. The second kappa shape index (κ2) is 6.64. The second-order valence-electron chi connectivity index (χ2n) is 5.72. The monoisotopic (exact) mass is 334 g/mol. The van der Waals surface area contributed by atoms with E-state index in [1.807, 2.05) is 12.1 Å². The zero-order valence-electron chi connectivity index (χ0n) is 12.2. The van der Waals surface area contributed by atoms with Crippen LogP contribution in [0.15, 0.2) is 42.6 Å². The molecule has 1 aromatic carbocycles. The fourth-order valence-corrected chi connectivity index (χ4v) is 3.04. The first-order valence-electron chi connectivity index (χ1n) is 7.39. The van der Waals surface area contributed by atoms with E-state index in [9.17, 15) is 14.3 Å². The van der Waals surface area contributed by atoms with Crippen LogP contribution in [0.3, 0.4) is 0 Å². The normalized spacial score (nSPS) is 21.3. The molecule has 2 aromatic rings. The maximum Gasteiger partial charge on any atom is 0.253 e. The molecule has 23 heavy (non-hydrogen) atoms. The van der Waals surface area contributed by atoms with Gasteiger partial charge in [-0.05, 0) is 49.1 Å². The largest absolute Gasteiger partial charge is 0.393 e. The van der Waals surface area contributed by atoms with Crippen molar-refractivity contribution < 1.29 is 14.3 Å². The minimum Gasteiger partial charge on any atom is -0.393 e. The summed E-state index contributed by atoms with van der Waals surface area (Å²) in [6, 6.07) is 8.84. The van der Waals surface area contributed by atoms with E-state index in [1.165, 1.54) is 12.1 Å². The maximum atomic E-state index is 13.1. The van der Waals surface area contributed by atoms with Gasteiger partial charge in [0.15, 0.2) is 0 Å². The summed E-state index contributed by atoms with van der Waals surface area (Å²) in [5.41, 5.74) is 0.949. The number of aliphatic hydroxyl groups is 1. The molecule has 0 bridgehead atoms. The smallest absolute Gasteiger partial charge is 0.253 e. The van der Waals surface area contributed by atoms with Crippen LogP contribution in [0.1, 0.15) is 34.9 Å². The van der Waals surface area contributed by atoms with E-state index in [0.717, 1.165) is 11.8 Å². The standard InChI is InChI=1S/C17H16ClFN2O2/c18-14-9-11(19)4-5-13(14)17(23)21-16(10-7-12(22)8-10)15-3-1-2-6-20-15/h1-6,9-10,12,16,22H,7-8H2,(H,21,23)/t10?,12?,16-/m1/s1. The number of aromatic nitrogens is 1. The summed E-state index contributed by atoms with van der Waals surface area (Å²) in [6.07, 6.45) is 2.55. The molecule has 1 fully saturated rings. The van der Waals surface area contributed by atoms with Crippen molar-refractivity contribution in [3.63, 3.8) is 0 Å². The number of benzene rings is 1. The summed E-state index contributed by atoms with van der Waals surface area (Å²) in [5.74, 6) is -0.759. The Hall–Kier alpha value is -1.98. The van der Waals surface area contributed by atoms with Crippen LogP contribution < -0.4 is 5.32 Å². The Bertz CT molecular complexity index is 705. The molecular formula is C17H16ClFN2O2. The van der Waals surface area contributed by atoms with Crippen molar-refractivity contribution in [2.45, 2.75) is 25.0 Å². The van der Waals surface area contributed by atoms with Crippen LogP contribution in [0.4, 0.5) is 4.39 Å². The lowest BCUT2D eigenvalue weighted by Crippen LogP contribution is -2.41. The SMILES string of the molecule is O=C(N[C@@H](c1ccccn1)C1CC(O)C1)c1ccc(F)cc1Cl. The van der Waals surface area contributed by atoms with Crippen molar-refractivity contribution in [2.24, 2.45) is 5.92 Å². The number of hydrogen-bond donors (Lipinski definition) is 2. The van der Waals surface area contributed by atoms with E-state index in [1.54, 1.807) is 12.3 Å². The van der Waals surface area contributed by atoms with Crippen LogP contribution in [-0.2, 0) is 0 Å². The maximum absolute atomic E-state index is 13.1. The van der Waals surface area contributed by atoms with Crippen LogP contribution in [0.2, 0.25) is 5.02 Å². The lowest BCUT2D eigenvalue weighted by atomic mass is 9.76. The van der Waals surface area contributed by atoms with Crippen LogP contribution in [0.5, 0.6) is 0 Å². The Morgan fingerprint density at radius 3 is 2.74 bits per heavy atom. The molecule has 0 radical (unpaired) electrons. The van der Waals surface area contributed by atoms with Gasteiger partial charge < -0.3 is 10.4 Å². The number of nitrogens with zero attached hydrogens (tertiary/aromatic N) is 1. The summed E-state index contributed by atoms with van der Waals surface area (Å²) in [4.78, 5) is 16.8. The Balaban J connectivity index is 1.82. The number of amides is 1. The second-order valence-corrected chi connectivity index (χ2v) is 6.12. The lowest BCUT2D eigenvalue weighted by molar-refractivity contribution is 0.0228. The molecule has 1 saturated carbocycles. The van der Waals surface area contributed by atoms with Gasteiger partial charge in [0.1, 0.15) is 5.82 Å². The molecule has 3 rings (SSSR count). The predicted molar refractivity (Wildman–Crippen MR) is 84.6 cm³/mol. The van der Waals surface area contributed by atoms with Crippen LogP contribution >= 0.6 is 11.6 Å². The Labute approximate surface area is 138 Å². The molecule has 120 valence electrons. The van der Waals surface area contributed by atoms with E-state index in [0.29, 0.717) is 12.8 Å². The summed E-state index contributed by atoms with van der Waals surface area (Å²) in [6.45, 7) is 0. The van der Waals surface area contributed by atoms with E-state index >= 15 is 0 Å². The summed E-state index contributed by atoms with van der Waals surface area (Å²) < 4.78 is 13.1. The number of pyridine rings is 1. The average molecular weight is 335 g/mol. The number of hydrogen-bond acceptors (Lipinski definition) is 3. The average Bonchev–Trinajstić information content (AvgIpc) is 2.50. The van der Waals surface area contributed by atoms with Gasteiger partial charge in [-0.15, -0.1) is 0 Å². The van der Waals surface area contributed by atoms with E-state index in [2.05, 4.69) is 10.3 Å².